The molecule has 2 rings (SSSR count). The molecule has 3 N–H and O–H groups in total. The highest BCUT2D eigenvalue weighted by Crippen LogP contribution is 2.29. The first-order chi connectivity index (χ1) is 9.70. The largest absolute Gasteiger partial charge is 0.351 e. The van der Waals surface area contributed by atoms with Gasteiger partial charge in [0.2, 0.25) is 0 Å². The Bertz CT molecular complexity index is 302. The number of rotatable bonds is 5. The first-order valence-electron chi connectivity index (χ1n) is 8.44. The van der Waals surface area contributed by atoms with Crippen molar-refractivity contribution >= 4 is 6.03 Å². The highest BCUT2D eigenvalue weighted by molar-refractivity contribution is 5.72. The van der Waals surface area contributed by atoms with Gasteiger partial charge < -0.3 is 16.0 Å². The summed E-state index contributed by atoms with van der Waals surface area (Å²) in [6, 6.07) is 0.646. The van der Waals surface area contributed by atoms with Crippen LogP contribution in [0, 0.1) is 5.92 Å². The van der Waals surface area contributed by atoms with Gasteiger partial charge in [0.15, 0.2) is 0 Å². The van der Waals surface area contributed by atoms with Crippen LogP contribution < -0.4 is 11.1 Å². The molecule has 2 amide bonds. The Hall–Kier alpha value is -0.770. The predicted octanol–water partition coefficient (Wildman–Crippen LogP) is 2.87. The van der Waals surface area contributed by atoms with Crippen LogP contribution in [0.2, 0.25) is 0 Å². The van der Waals surface area contributed by atoms with E-state index in [1.165, 1.54) is 44.9 Å². The number of carbonyl (C=O) groups excluding carboxylic acids is 1. The molecule has 1 aliphatic carbocycles. The van der Waals surface area contributed by atoms with Crippen molar-refractivity contribution in [1.82, 2.24) is 10.2 Å². The topological polar surface area (TPSA) is 58.4 Å². The van der Waals surface area contributed by atoms with Gasteiger partial charge in [0.25, 0.3) is 0 Å². The van der Waals surface area contributed by atoms with Crippen LogP contribution >= 0.6 is 0 Å². The Balaban J connectivity index is 1.85. The fourth-order valence-corrected chi connectivity index (χ4v) is 4.02. The average molecular weight is 281 g/mol. The van der Waals surface area contributed by atoms with Crippen molar-refractivity contribution in [3.8, 4) is 0 Å². The number of urea groups is 1. The molecule has 4 nitrogen and oxygen atoms in total. The van der Waals surface area contributed by atoms with E-state index in [9.17, 15) is 4.79 Å². The van der Waals surface area contributed by atoms with Gasteiger partial charge in [-0.2, -0.15) is 0 Å². The molecule has 1 saturated heterocycles. The molecule has 0 aromatic rings. The summed E-state index contributed by atoms with van der Waals surface area (Å²) in [7, 11) is 2.06. The molecule has 2 unspecified atom stereocenters. The molecule has 0 spiro atoms. The summed E-state index contributed by atoms with van der Waals surface area (Å²) in [5, 5.41) is 3.48. The highest BCUT2D eigenvalue weighted by Gasteiger charge is 2.28. The van der Waals surface area contributed by atoms with Gasteiger partial charge in [0.1, 0.15) is 0 Å². The van der Waals surface area contributed by atoms with Crippen molar-refractivity contribution in [3.05, 3.63) is 0 Å². The van der Waals surface area contributed by atoms with Crippen LogP contribution in [-0.2, 0) is 0 Å². The molecule has 4 heteroatoms. The lowest BCUT2D eigenvalue weighted by molar-refractivity contribution is 0.143. The first kappa shape index (κ1) is 15.6. The Labute approximate surface area is 123 Å². The van der Waals surface area contributed by atoms with Crippen LogP contribution in [0.1, 0.15) is 64.2 Å². The summed E-state index contributed by atoms with van der Waals surface area (Å²) in [6.07, 6.45) is 12.8. The zero-order valence-corrected chi connectivity index (χ0v) is 12.9. The zero-order valence-electron chi connectivity index (χ0n) is 12.9. The van der Waals surface area contributed by atoms with E-state index < -0.39 is 0 Å². The van der Waals surface area contributed by atoms with E-state index in [2.05, 4.69) is 12.4 Å². The van der Waals surface area contributed by atoms with E-state index >= 15 is 0 Å². The molecular weight excluding hydrogens is 250 g/mol. The highest BCUT2D eigenvalue weighted by atomic mass is 16.2. The first-order valence-corrected chi connectivity index (χ1v) is 8.44. The molecular formula is C16H31N3O. The molecule has 116 valence electrons. The van der Waals surface area contributed by atoms with Gasteiger partial charge in [-0.3, -0.25) is 0 Å². The molecule has 20 heavy (non-hydrogen) atoms. The lowest BCUT2D eigenvalue weighted by atomic mass is 9.83. The third-order valence-electron chi connectivity index (χ3n) is 5.22. The molecule has 0 aromatic carbocycles. The van der Waals surface area contributed by atoms with Crippen LogP contribution in [0.5, 0.6) is 0 Å². The maximum Gasteiger partial charge on any atom is 0.315 e. The Kier molecular flexibility index (Phi) is 6.14. The summed E-state index contributed by atoms with van der Waals surface area (Å²) in [6.45, 7) is 0.847. The van der Waals surface area contributed by atoms with E-state index in [0.717, 1.165) is 31.7 Å². The minimum absolute atomic E-state index is 0.234. The van der Waals surface area contributed by atoms with Crippen molar-refractivity contribution in [2.75, 3.05) is 13.6 Å². The number of nitrogens with one attached hydrogen (secondary N) is 1. The minimum atomic E-state index is -0.234. The van der Waals surface area contributed by atoms with E-state index in [1.54, 1.807) is 0 Å². The van der Waals surface area contributed by atoms with E-state index in [0.29, 0.717) is 12.1 Å². The second-order valence-electron chi connectivity index (χ2n) is 6.64. The number of hydrogen-bond donors (Lipinski definition) is 2. The molecule has 2 fully saturated rings. The molecule has 1 aliphatic heterocycles. The zero-order chi connectivity index (χ0) is 14.4. The minimum Gasteiger partial charge on any atom is -0.351 e. The molecule has 2 aliphatic rings. The number of carbonyl (C=O) groups is 1. The number of nitrogens with zero attached hydrogens (tertiary/aromatic N) is 1. The van der Waals surface area contributed by atoms with Crippen LogP contribution in [0.25, 0.3) is 0 Å². The third-order valence-corrected chi connectivity index (χ3v) is 5.22. The lowest BCUT2D eigenvalue weighted by Gasteiger charge is -2.37. The van der Waals surface area contributed by atoms with Gasteiger partial charge in [0, 0.05) is 18.6 Å². The van der Waals surface area contributed by atoms with Crippen LogP contribution in [0.4, 0.5) is 4.79 Å². The van der Waals surface area contributed by atoms with Crippen molar-refractivity contribution in [1.29, 1.82) is 0 Å². The Morgan fingerprint density at radius 2 is 1.85 bits per heavy atom. The number of primary amides is 1. The summed E-state index contributed by atoms with van der Waals surface area (Å²) < 4.78 is 0. The molecule has 0 bridgehead atoms. The fraction of sp³-hybridized carbons (Fsp3) is 0.938. The van der Waals surface area contributed by atoms with Gasteiger partial charge >= 0.3 is 6.03 Å². The monoisotopic (exact) mass is 281 g/mol. The molecule has 1 saturated carbocycles. The Morgan fingerprint density at radius 3 is 2.50 bits per heavy atom. The summed E-state index contributed by atoms with van der Waals surface area (Å²) in [5.41, 5.74) is 5.53. The number of amides is 2. The van der Waals surface area contributed by atoms with Gasteiger partial charge in [-0.15, -0.1) is 0 Å². The van der Waals surface area contributed by atoms with Gasteiger partial charge in [-0.25, -0.2) is 4.79 Å². The van der Waals surface area contributed by atoms with Crippen LogP contribution in [-0.4, -0.2) is 36.6 Å². The third kappa shape index (κ3) is 4.37. The molecule has 0 radical (unpaired) electrons. The smallest absolute Gasteiger partial charge is 0.315 e. The summed E-state index contributed by atoms with van der Waals surface area (Å²) in [4.78, 5) is 13.4. The van der Waals surface area contributed by atoms with Crippen LogP contribution in [0.15, 0.2) is 0 Å². The predicted molar refractivity (Wildman–Crippen MR) is 82.6 cm³/mol. The maximum atomic E-state index is 11.6. The van der Waals surface area contributed by atoms with Gasteiger partial charge in [-0.05, 0) is 45.1 Å². The van der Waals surface area contributed by atoms with Crippen molar-refractivity contribution in [2.24, 2.45) is 11.7 Å². The van der Waals surface area contributed by atoms with Crippen molar-refractivity contribution in [2.45, 2.75) is 76.3 Å². The normalized spacial score (nSPS) is 26.4. The summed E-state index contributed by atoms with van der Waals surface area (Å²) >= 11 is 0. The van der Waals surface area contributed by atoms with Crippen molar-refractivity contribution < 1.29 is 4.79 Å². The molecule has 1 heterocycles. The average Bonchev–Trinajstić information content (AvgIpc) is 2.48. The standard InChI is InChI=1S/C16H31N3O/c1-18-14(11-13-7-3-2-4-8-13)12-15-9-5-6-10-19(15)16(17)20/h13-15,18H,2-12H2,1H3,(H2,17,20). The summed E-state index contributed by atoms with van der Waals surface area (Å²) in [5.74, 6) is 0.881. The fourth-order valence-electron chi connectivity index (χ4n) is 4.02. The second kappa shape index (κ2) is 7.87. The van der Waals surface area contributed by atoms with Gasteiger partial charge in [0.05, 0.1) is 0 Å². The quantitative estimate of drug-likeness (QED) is 0.814. The SMILES string of the molecule is CNC(CC1CCCCC1)CC1CCCCN1C(N)=O. The van der Waals surface area contributed by atoms with E-state index in [4.69, 9.17) is 5.73 Å². The molecule has 0 aromatic heterocycles. The lowest BCUT2D eigenvalue weighted by Crippen LogP contribution is -2.49. The van der Waals surface area contributed by atoms with E-state index in [-0.39, 0.29) is 6.03 Å². The van der Waals surface area contributed by atoms with Gasteiger partial charge in [-0.1, -0.05) is 32.1 Å². The Morgan fingerprint density at radius 1 is 1.15 bits per heavy atom. The number of nitrogens with two attached hydrogens (primary N) is 1. The van der Waals surface area contributed by atoms with E-state index in [1.807, 2.05) is 4.90 Å². The number of piperidine rings is 1. The van der Waals surface area contributed by atoms with Crippen molar-refractivity contribution in [3.63, 3.8) is 0 Å². The van der Waals surface area contributed by atoms with Crippen LogP contribution in [0.3, 0.4) is 0 Å². The number of hydrogen-bond acceptors (Lipinski definition) is 2. The number of likely N-dealkylation sites (tertiary alicyclic amines) is 1. The maximum absolute atomic E-state index is 11.6. The molecule has 2 atom stereocenters. The second-order valence-corrected chi connectivity index (χ2v) is 6.64.